The Morgan fingerprint density at radius 3 is 2.59 bits per heavy atom. The zero-order valence-corrected chi connectivity index (χ0v) is 25.7. The summed E-state index contributed by atoms with van der Waals surface area (Å²) in [6, 6.07) is 10.5. The van der Waals surface area contributed by atoms with E-state index in [4.69, 9.17) is 9.47 Å². The second-order valence-corrected chi connectivity index (χ2v) is 14.9. The normalized spacial score (nSPS) is 22.1. The van der Waals surface area contributed by atoms with E-state index < -0.39 is 38.1 Å². The van der Waals surface area contributed by atoms with Gasteiger partial charge in [0.15, 0.2) is 0 Å². The van der Waals surface area contributed by atoms with Crippen LogP contribution in [0.25, 0.3) is 0 Å². The van der Waals surface area contributed by atoms with E-state index in [1.165, 1.54) is 60.6 Å². The van der Waals surface area contributed by atoms with E-state index in [1.54, 1.807) is 37.3 Å². The summed E-state index contributed by atoms with van der Waals surface area (Å²) in [6.07, 6.45) is 4.94. The minimum absolute atomic E-state index is 0.0295. The number of ether oxygens (including phenoxy) is 2. The minimum Gasteiger partial charge on any atom is -0.495 e. The van der Waals surface area contributed by atoms with Gasteiger partial charge in [-0.15, -0.1) is 0 Å². The van der Waals surface area contributed by atoms with Gasteiger partial charge in [0.05, 0.1) is 20.3 Å². The molecular weight excluding hydrogens is 564 g/mol. The van der Waals surface area contributed by atoms with E-state index in [0.717, 1.165) is 6.42 Å². The number of hydrogen-bond donors (Lipinski definition) is 1. The lowest BCUT2D eigenvalue weighted by Gasteiger charge is -2.37. The Bertz CT molecular complexity index is 1490. The van der Waals surface area contributed by atoms with Crippen LogP contribution >= 0.6 is 0 Å². The van der Waals surface area contributed by atoms with Gasteiger partial charge in [-0.25, -0.2) is 16.8 Å². The van der Waals surface area contributed by atoms with E-state index in [9.17, 15) is 21.9 Å². The molecule has 1 fully saturated rings. The van der Waals surface area contributed by atoms with Crippen LogP contribution in [0.5, 0.6) is 11.5 Å². The zero-order chi connectivity index (χ0) is 29.8. The van der Waals surface area contributed by atoms with Gasteiger partial charge < -0.3 is 14.6 Å². The van der Waals surface area contributed by atoms with E-state index in [-0.39, 0.29) is 41.0 Å². The summed E-state index contributed by atoms with van der Waals surface area (Å²) >= 11 is 0. The van der Waals surface area contributed by atoms with Crippen molar-refractivity contribution in [2.45, 2.75) is 67.9 Å². The van der Waals surface area contributed by atoms with Gasteiger partial charge in [0.25, 0.3) is 0 Å². The number of aliphatic hydroxyl groups is 1. The molecule has 0 bridgehead atoms. The number of aliphatic hydroxyl groups excluding tert-OH is 1. The maximum absolute atomic E-state index is 13.7. The standard InChI is InChI=1S/C30H40N2O7S2/c1-22-19-32(23(2)21-33)41(36,37)30-17-16-25(13-9-12-24-10-5-6-11-24)18-27(30)39-28(22)20-31(3)40(34,35)29-15-8-7-14-26(29)38-4/h7-8,14-18,22-24,28,33H,5-6,10-12,19-21H2,1-4H3/t22-,23-,28-/m1/s1. The van der Waals surface area contributed by atoms with Gasteiger partial charge >= 0.3 is 0 Å². The van der Waals surface area contributed by atoms with Gasteiger partial charge in [0.2, 0.25) is 20.0 Å². The summed E-state index contributed by atoms with van der Waals surface area (Å²) < 4.78 is 68.6. The third kappa shape index (κ3) is 6.89. The first-order valence-electron chi connectivity index (χ1n) is 14.0. The molecule has 1 aliphatic heterocycles. The van der Waals surface area contributed by atoms with Gasteiger partial charge in [0.1, 0.15) is 27.4 Å². The Labute approximate surface area is 244 Å². The molecule has 0 spiro atoms. The first-order valence-corrected chi connectivity index (χ1v) is 16.9. The van der Waals surface area contributed by atoms with Crippen LogP contribution in [0.2, 0.25) is 0 Å². The molecular formula is C30H40N2O7S2. The molecule has 1 saturated carbocycles. The van der Waals surface area contributed by atoms with Crippen molar-refractivity contribution in [2.75, 3.05) is 33.9 Å². The van der Waals surface area contributed by atoms with Crippen LogP contribution in [0.4, 0.5) is 0 Å². The third-order valence-corrected chi connectivity index (χ3v) is 11.8. The molecule has 3 atom stereocenters. The molecule has 2 aliphatic rings. The Hall–Kier alpha value is -2.62. The Kier molecular flexibility index (Phi) is 10.0. The van der Waals surface area contributed by atoms with Gasteiger partial charge in [-0.05, 0) is 56.0 Å². The second-order valence-electron chi connectivity index (χ2n) is 11.0. The number of likely N-dealkylation sites (N-methyl/N-ethyl adjacent to an activating group) is 1. The van der Waals surface area contributed by atoms with Crippen molar-refractivity contribution in [1.29, 1.82) is 0 Å². The van der Waals surface area contributed by atoms with Gasteiger partial charge in [0, 0.05) is 37.5 Å². The van der Waals surface area contributed by atoms with Crippen LogP contribution in [0.1, 0.15) is 51.5 Å². The Morgan fingerprint density at radius 1 is 1.20 bits per heavy atom. The maximum Gasteiger partial charge on any atom is 0.247 e. The van der Waals surface area contributed by atoms with Crippen LogP contribution in [0, 0.1) is 23.7 Å². The van der Waals surface area contributed by atoms with Crippen molar-refractivity contribution in [3.63, 3.8) is 0 Å². The third-order valence-electron chi connectivity index (χ3n) is 7.96. The highest BCUT2D eigenvalue weighted by Crippen LogP contribution is 2.35. The predicted octanol–water partition coefficient (Wildman–Crippen LogP) is 3.72. The van der Waals surface area contributed by atoms with Crippen LogP contribution in [-0.2, 0) is 20.0 Å². The first kappa shape index (κ1) is 31.3. The molecule has 0 saturated heterocycles. The summed E-state index contributed by atoms with van der Waals surface area (Å²) in [5.74, 6) is 6.92. The Morgan fingerprint density at radius 2 is 1.90 bits per heavy atom. The molecule has 2 aromatic rings. The summed E-state index contributed by atoms with van der Waals surface area (Å²) in [5, 5.41) is 9.89. The molecule has 4 rings (SSSR count). The number of benzene rings is 2. The molecule has 2 aromatic carbocycles. The van der Waals surface area contributed by atoms with E-state index >= 15 is 0 Å². The molecule has 9 nitrogen and oxygen atoms in total. The summed E-state index contributed by atoms with van der Waals surface area (Å²) in [4.78, 5) is -0.00638. The summed E-state index contributed by atoms with van der Waals surface area (Å²) in [6.45, 7) is 3.10. The molecule has 41 heavy (non-hydrogen) atoms. The van der Waals surface area contributed by atoms with Crippen molar-refractivity contribution in [3.8, 4) is 23.3 Å². The fourth-order valence-electron chi connectivity index (χ4n) is 5.38. The lowest BCUT2D eigenvalue weighted by Crippen LogP contribution is -2.50. The minimum atomic E-state index is -4.02. The SMILES string of the molecule is COc1ccccc1S(=O)(=O)N(C)C[C@H]1Oc2cc(C#CCC3CCCC3)ccc2S(=O)(=O)N([C@H](C)CO)C[C@H]1C. The summed E-state index contributed by atoms with van der Waals surface area (Å²) in [7, 11) is -5.09. The largest absolute Gasteiger partial charge is 0.495 e. The molecule has 224 valence electrons. The molecule has 0 radical (unpaired) electrons. The number of rotatable bonds is 8. The average Bonchev–Trinajstić information content (AvgIpc) is 3.48. The van der Waals surface area contributed by atoms with Gasteiger partial charge in [-0.3, -0.25) is 0 Å². The highest BCUT2D eigenvalue weighted by atomic mass is 32.2. The smallest absolute Gasteiger partial charge is 0.247 e. The number of nitrogens with zero attached hydrogens (tertiary/aromatic N) is 2. The Balaban J connectivity index is 1.70. The lowest BCUT2D eigenvalue weighted by atomic mass is 10.0. The van der Waals surface area contributed by atoms with E-state index in [2.05, 4.69) is 11.8 Å². The van der Waals surface area contributed by atoms with Crippen LogP contribution < -0.4 is 9.47 Å². The average molecular weight is 605 g/mol. The highest BCUT2D eigenvalue weighted by molar-refractivity contribution is 7.89. The molecule has 0 unspecified atom stereocenters. The van der Waals surface area contributed by atoms with Crippen LogP contribution in [0.15, 0.2) is 52.3 Å². The second kappa shape index (κ2) is 13.1. The van der Waals surface area contributed by atoms with Crippen LogP contribution in [-0.4, -0.2) is 76.6 Å². The maximum atomic E-state index is 13.7. The van der Waals surface area contributed by atoms with E-state index in [0.29, 0.717) is 11.5 Å². The van der Waals surface area contributed by atoms with E-state index in [1.807, 2.05) is 6.92 Å². The molecule has 11 heteroatoms. The molecule has 0 amide bonds. The van der Waals surface area contributed by atoms with Gasteiger partial charge in [-0.2, -0.15) is 8.61 Å². The monoisotopic (exact) mass is 604 g/mol. The number of fused-ring (bicyclic) bond motifs is 1. The number of hydrogen-bond acceptors (Lipinski definition) is 7. The number of para-hydroxylation sites is 1. The quantitative estimate of drug-likeness (QED) is 0.457. The highest BCUT2D eigenvalue weighted by Gasteiger charge is 2.39. The van der Waals surface area contributed by atoms with Gasteiger partial charge in [-0.1, -0.05) is 43.7 Å². The first-order chi connectivity index (χ1) is 19.5. The molecule has 1 N–H and O–H groups in total. The van der Waals surface area contributed by atoms with Crippen molar-refractivity contribution >= 4 is 20.0 Å². The lowest BCUT2D eigenvalue weighted by molar-refractivity contribution is 0.0904. The fraction of sp³-hybridized carbons (Fsp3) is 0.533. The van der Waals surface area contributed by atoms with Crippen molar-refractivity contribution < 1.29 is 31.4 Å². The molecule has 1 aliphatic carbocycles. The van der Waals surface area contributed by atoms with Crippen molar-refractivity contribution in [2.24, 2.45) is 11.8 Å². The molecule has 0 aromatic heterocycles. The zero-order valence-electron chi connectivity index (χ0n) is 24.1. The van der Waals surface area contributed by atoms with Crippen LogP contribution in [0.3, 0.4) is 0 Å². The van der Waals surface area contributed by atoms with Crippen molar-refractivity contribution in [1.82, 2.24) is 8.61 Å². The predicted molar refractivity (Wildman–Crippen MR) is 157 cm³/mol. The fourth-order valence-corrected chi connectivity index (χ4v) is 8.55. The topological polar surface area (TPSA) is 113 Å². The summed E-state index contributed by atoms with van der Waals surface area (Å²) in [5.41, 5.74) is 0.626. The number of sulfonamides is 2. The van der Waals surface area contributed by atoms with Crippen molar-refractivity contribution in [3.05, 3.63) is 48.0 Å². The molecule has 1 heterocycles. The number of methoxy groups -OCH3 is 1.